The van der Waals surface area contributed by atoms with Crippen molar-refractivity contribution in [3.05, 3.63) is 68.7 Å². The first-order valence-electron chi connectivity index (χ1n) is 5.80. The molecular formula is C15H15BrClN. The number of hydrogen-bond donors (Lipinski definition) is 1. The van der Waals surface area contributed by atoms with Crippen molar-refractivity contribution in [2.24, 2.45) is 0 Å². The Labute approximate surface area is 121 Å². The Bertz CT molecular complexity index is 554. The van der Waals surface area contributed by atoms with Crippen LogP contribution in [0.2, 0.25) is 5.02 Å². The van der Waals surface area contributed by atoms with E-state index in [9.17, 15) is 0 Å². The van der Waals surface area contributed by atoms with Gasteiger partial charge in [0.2, 0.25) is 0 Å². The molecule has 1 unspecified atom stereocenters. The minimum atomic E-state index is 0.154. The lowest BCUT2D eigenvalue weighted by atomic mass is 9.95. The topological polar surface area (TPSA) is 12.0 Å². The molecule has 0 saturated heterocycles. The molecule has 18 heavy (non-hydrogen) atoms. The van der Waals surface area contributed by atoms with Gasteiger partial charge in [-0.05, 0) is 54.9 Å². The molecule has 1 N–H and O–H groups in total. The van der Waals surface area contributed by atoms with E-state index in [0.29, 0.717) is 0 Å². The van der Waals surface area contributed by atoms with Crippen LogP contribution in [0.1, 0.15) is 22.7 Å². The lowest BCUT2D eigenvalue weighted by Crippen LogP contribution is -2.18. The zero-order chi connectivity index (χ0) is 13.1. The number of aryl methyl sites for hydroxylation is 1. The van der Waals surface area contributed by atoms with Crippen LogP contribution in [0.4, 0.5) is 0 Å². The summed E-state index contributed by atoms with van der Waals surface area (Å²) in [6, 6.07) is 14.5. The van der Waals surface area contributed by atoms with E-state index in [2.05, 4.69) is 52.4 Å². The summed E-state index contributed by atoms with van der Waals surface area (Å²) in [4.78, 5) is 0. The first-order valence-corrected chi connectivity index (χ1v) is 6.97. The second-order valence-electron chi connectivity index (χ2n) is 4.28. The maximum atomic E-state index is 6.07. The highest BCUT2D eigenvalue weighted by Gasteiger charge is 2.14. The fourth-order valence-electron chi connectivity index (χ4n) is 2.11. The van der Waals surface area contributed by atoms with Gasteiger partial charge in [-0.2, -0.15) is 0 Å². The molecule has 2 rings (SSSR count). The Morgan fingerprint density at radius 3 is 2.61 bits per heavy atom. The van der Waals surface area contributed by atoms with Gasteiger partial charge in [-0.1, -0.05) is 45.7 Å². The molecule has 0 fully saturated rings. The van der Waals surface area contributed by atoms with E-state index in [0.717, 1.165) is 9.50 Å². The zero-order valence-electron chi connectivity index (χ0n) is 10.4. The maximum absolute atomic E-state index is 6.07. The first-order chi connectivity index (χ1) is 8.61. The first kappa shape index (κ1) is 13.6. The van der Waals surface area contributed by atoms with Crippen LogP contribution < -0.4 is 5.32 Å². The van der Waals surface area contributed by atoms with Crippen molar-refractivity contribution in [3.8, 4) is 0 Å². The smallest absolute Gasteiger partial charge is 0.0577 e. The largest absolute Gasteiger partial charge is 0.309 e. The normalized spacial score (nSPS) is 12.4. The SMILES string of the molecule is CNC(c1cccc(Cl)c1)c1cc(Br)ccc1C. The predicted octanol–water partition coefficient (Wildman–Crippen LogP) is 4.72. The van der Waals surface area contributed by atoms with Crippen LogP contribution in [-0.2, 0) is 0 Å². The fraction of sp³-hybridized carbons (Fsp3) is 0.200. The molecule has 0 spiro atoms. The van der Waals surface area contributed by atoms with E-state index >= 15 is 0 Å². The minimum Gasteiger partial charge on any atom is -0.309 e. The van der Waals surface area contributed by atoms with Gasteiger partial charge in [-0.3, -0.25) is 0 Å². The Morgan fingerprint density at radius 2 is 1.94 bits per heavy atom. The predicted molar refractivity (Wildman–Crippen MR) is 81.2 cm³/mol. The van der Waals surface area contributed by atoms with Crippen LogP contribution in [0, 0.1) is 6.92 Å². The van der Waals surface area contributed by atoms with E-state index in [1.165, 1.54) is 16.7 Å². The van der Waals surface area contributed by atoms with E-state index in [1.54, 1.807) is 0 Å². The highest BCUT2D eigenvalue weighted by atomic mass is 79.9. The van der Waals surface area contributed by atoms with Gasteiger partial charge in [0.05, 0.1) is 6.04 Å². The number of benzene rings is 2. The van der Waals surface area contributed by atoms with Gasteiger partial charge in [0.15, 0.2) is 0 Å². The molecular weight excluding hydrogens is 310 g/mol. The van der Waals surface area contributed by atoms with Gasteiger partial charge >= 0.3 is 0 Å². The Kier molecular flexibility index (Phi) is 4.44. The molecule has 2 aromatic carbocycles. The molecule has 0 saturated carbocycles. The van der Waals surface area contributed by atoms with Crippen LogP contribution >= 0.6 is 27.5 Å². The summed E-state index contributed by atoms with van der Waals surface area (Å²) < 4.78 is 1.09. The molecule has 0 aliphatic heterocycles. The maximum Gasteiger partial charge on any atom is 0.0577 e. The van der Waals surface area contributed by atoms with E-state index in [1.807, 2.05) is 25.2 Å². The van der Waals surface area contributed by atoms with Gasteiger partial charge in [0.1, 0.15) is 0 Å². The summed E-state index contributed by atoms with van der Waals surface area (Å²) >= 11 is 9.59. The summed E-state index contributed by atoms with van der Waals surface area (Å²) in [5, 5.41) is 4.11. The molecule has 94 valence electrons. The van der Waals surface area contributed by atoms with Crippen LogP contribution in [0.25, 0.3) is 0 Å². The molecule has 0 amide bonds. The van der Waals surface area contributed by atoms with Crippen molar-refractivity contribution in [2.75, 3.05) is 7.05 Å². The molecule has 0 radical (unpaired) electrons. The Morgan fingerprint density at radius 1 is 1.17 bits per heavy atom. The molecule has 3 heteroatoms. The Hall–Kier alpha value is -0.830. The average Bonchev–Trinajstić information content (AvgIpc) is 2.35. The van der Waals surface area contributed by atoms with Gasteiger partial charge in [-0.15, -0.1) is 0 Å². The third kappa shape index (κ3) is 2.94. The number of hydrogen-bond acceptors (Lipinski definition) is 1. The Balaban J connectivity index is 2.48. The van der Waals surface area contributed by atoms with Crippen molar-refractivity contribution >= 4 is 27.5 Å². The van der Waals surface area contributed by atoms with Crippen LogP contribution in [-0.4, -0.2) is 7.05 Å². The molecule has 2 aromatic rings. The highest BCUT2D eigenvalue weighted by molar-refractivity contribution is 9.10. The van der Waals surface area contributed by atoms with E-state index in [-0.39, 0.29) is 6.04 Å². The minimum absolute atomic E-state index is 0.154. The molecule has 0 aromatic heterocycles. The van der Waals surface area contributed by atoms with Crippen molar-refractivity contribution in [1.82, 2.24) is 5.32 Å². The second kappa shape index (κ2) is 5.87. The third-order valence-corrected chi connectivity index (χ3v) is 3.75. The molecule has 0 aliphatic rings. The number of nitrogens with one attached hydrogen (secondary N) is 1. The lowest BCUT2D eigenvalue weighted by Gasteiger charge is -2.20. The summed E-state index contributed by atoms with van der Waals surface area (Å²) in [6.07, 6.45) is 0. The summed E-state index contributed by atoms with van der Waals surface area (Å²) in [5.74, 6) is 0. The van der Waals surface area contributed by atoms with Crippen molar-refractivity contribution in [1.29, 1.82) is 0 Å². The average molecular weight is 325 g/mol. The molecule has 1 nitrogen and oxygen atoms in total. The standard InChI is InChI=1S/C15H15BrClN/c1-10-6-7-12(16)9-14(10)15(18-2)11-4-3-5-13(17)8-11/h3-9,15,18H,1-2H3. The molecule has 0 heterocycles. The third-order valence-electron chi connectivity index (χ3n) is 3.02. The quantitative estimate of drug-likeness (QED) is 0.861. The van der Waals surface area contributed by atoms with Gasteiger partial charge in [-0.25, -0.2) is 0 Å². The summed E-state index contributed by atoms with van der Waals surface area (Å²) in [7, 11) is 1.96. The van der Waals surface area contributed by atoms with Gasteiger partial charge < -0.3 is 5.32 Å². The monoisotopic (exact) mass is 323 g/mol. The highest BCUT2D eigenvalue weighted by Crippen LogP contribution is 2.28. The van der Waals surface area contributed by atoms with Crippen LogP contribution in [0.15, 0.2) is 46.9 Å². The second-order valence-corrected chi connectivity index (χ2v) is 5.63. The van der Waals surface area contributed by atoms with Crippen LogP contribution in [0.3, 0.4) is 0 Å². The zero-order valence-corrected chi connectivity index (χ0v) is 12.7. The van der Waals surface area contributed by atoms with Gasteiger partial charge in [0.25, 0.3) is 0 Å². The van der Waals surface area contributed by atoms with Crippen LogP contribution in [0.5, 0.6) is 0 Å². The summed E-state index contributed by atoms with van der Waals surface area (Å²) in [5.41, 5.74) is 3.69. The van der Waals surface area contributed by atoms with Crippen molar-refractivity contribution < 1.29 is 0 Å². The van der Waals surface area contributed by atoms with Crippen molar-refractivity contribution in [2.45, 2.75) is 13.0 Å². The lowest BCUT2D eigenvalue weighted by molar-refractivity contribution is 0.687. The molecule has 1 atom stereocenters. The number of halogens is 2. The van der Waals surface area contributed by atoms with Crippen molar-refractivity contribution in [3.63, 3.8) is 0 Å². The number of rotatable bonds is 3. The molecule has 0 aliphatic carbocycles. The van der Waals surface area contributed by atoms with E-state index in [4.69, 9.17) is 11.6 Å². The van der Waals surface area contributed by atoms with Gasteiger partial charge in [0, 0.05) is 9.50 Å². The molecule has 0 bridgehead atoms. The fourth-order valence-corrected chi connectivity index (χ4v) is 2.69. The summed E-state index contributed by atoms with van der Waals surface area (Å²) in [6.45, 7) is 2.12. The van der Waals surface area contributed by atoms with E-state index < -0.39 is 0 Å².